The molecule has 0 aromatic heterocycles. The lowest BCUT2D eigenvalue weighted by Crippen LogP contribution is -2.34. The lowest BCUT2D eigenvalue weighted by molar-refractivity contribution is -0.120. The topological polar surface area (TPSA) is 41.5 Å². The van der Waals surface area contributed by atoms with Crippen molar-refractivity contribution in [2.24, 2.45) is 10.9 Å². The summed E-state index contributed by atoms with van der Waals surface area (Å²) in [5.74, 6) is -0.133. The van der Waals surface area contributed by atoms with Gasteiger partial charge in [-0.05, 0) is 37.5 Å². The first-order valence-electron chi connectivity index (χ1n) is 6.67. The minimum Gasteiger partial charge on any atom is -0.358 e. The highest BCUT2D eigenvalue weighted by atomic mass is 32.2. The van der Waals surface area contributed by atoms with Gasteiger partial charge in [0.05, 0.1) is 6.04 Å². The van der Waals surface area contributed by atoms with E-state index in [1.54, 1.807) is 12.1 Å². The van der Waals surface area contributed by atoms with Crippen LogP contribution in [0.1, 0.15) is 39.3 Å². The van der Waals surface area contributed by atoms with Crippen molar-refractivity contribution in [3.63, 3.8) is 0 Å². The van der Waals surface area contributed by atoms with Gasteiger partial charge in [-0.1, -0.05) is 37.7 Å². The van der Waals surface area contributed by atoms with Crippen LogP contribution in [0.5, 0.6) is 0 Å². The highest BCUT2D eigenvalue weighted by Gasteiger charge is 2.43. The van der Waals surface area contributed by atoms with Crippen molar-refractivity contribution < 1.29 is 9.18 Å². The van der Waals surface area contributed by atoms with Crippen LogP contribution in [0.15, 0.2) is 29.3 Å². The van der Waals surface area contributed by atoms with Crippen LogP contribution in [0.2, 0.25) is 0 Å². The second-order valence-corrected chi connectivity index (χ2v) is 6.94. The maximum Gasteiger partial charge on any atom is 0.264 e. The van der Waals surface area contributed by atoms with E-state index >= 15 is 0 Å². The number of hydrogen-bond acceptors (Lipinski definition) is 3. The minimum atomic E-state index is -0.495. The molecular weight excluding hydrogens is 275 g/mol. The van der Waals surface area contributed by atoms with Gasteiger partial charge >= 0.3 is 0 Å². The van der Waals surface area contributed by atoms with Crippen LogP contribution in [0, 0.1) is 11.7 Å². The number of nitrogens with one attached hydrogen (secondary N) is 1. The van der Waals surface area contributed by atoms with Crippen LogP contribution >= 0.6 is 11.8 Å². The molecule has 1 aliphatic rings. The van der Waals surface area contributed by atoms with Gasteiger partial charge in [-0.2, -0.15) is 4.99 Å². The Hall–Kier alpha value is -1.36. The Morgan fingerprint density at radius 3 is 2.35 bits per heavy atom. The molecule has 0 spiro atoms. The highest BCUT2D eigenvalue weighted by molar-refractivity contribution is 8.16. The molecule has 3 nitrogen and oxygen atoms in total. The van der Waals surface area contributed by atoms with E-state index in [0.717, 1.165) is 5.56 Å². The molecule has 0 saturated heterocycles. The number of thioether (sulfide) groups is 1. The number of benzene rings is 1. The van der Waals surface area contributed by atoms with E-state index in [-0.39, 0.29) is 23.7 Å². The summed E-state index contributed by atoms with van der Waals surface area (Å²) in [5.41, 5.74) is 0.959. The fourth-order valence-electron chi connectivity index (χ4n) is 1.92. The van der Waals surface area contributed by atoms with E-state index in [4.69, 9.17) is 0 Å². The van der Waals surface area contributed by atoms with Gasteiger partial charge in [0, 0.05) is 0 Å². The predicted molar refractivity (Wildman–Crippen MR) is 81.2 cm³/mol. The minimum absolute atomic E-state index is 0.0239. The zero-order chi connectivity index (χ0) is 14.9. The summed E-state index contributed by atoms with van der Waals surface area (Å²) in [7, 11) is 0. The summed E-state index contributed by atoms with van der Waals surface area (Å²) in [4.78, 5) is 16.1. The SMILES string of the molecule is CC(C)[C@@]1(C)SC(N[C@@H](C)c2ccc(F)cc2)=NC1=O. The maximum absolute atomic E-state index is 12.9. The second kappa shape index (κ2) is 5.56. The van der Waals surface area contributed by atoms with Crippen molar-refractivity contribution >= 4 is 22.8 Å². The Morgan fingerprint density at radius 2 is 1.85 bits per heavy atom. The van der Waals surface area contributed by atoms with Gasteiger partial charge in [-0.3, -0.25) is 4.79 Å². The predicted octanol–water partition coefficient (Wildman–Crippen LogP) is 3.52. The molecule has 0 saturated carbocycles. The third-order valence-corrected chi connectivity index (χ3v) is 5.22. The van der Waals surface area contributed by atoms with E-state index in [0.29, 0.717) is 5.17 Å². The smallest absolute Gasteiger partial charge is 0.264 e. The number of rotatable bonds is 3. The third kappa shape index (κ3) is 2.87. The van der Waals surface area contributed by atoms with E-state index < -0.39 is 4.75 Å². The molecule has 0 radical (unpaired) electrons. The number of amidine groups is 1. The van der Waals surface area contributed by atoms with Crippen LogP contribution in [0.25, 0.3) is 0 Å². The Balaban J connectivity index is 2.06. The zero-order valence-corrected chi connectivity index (χ0v) is 12.9. The maximum atomic E-state index is 12.9. The standard InChI is InChI=1S/C15H19FN2OS/c1-9(2)15(4)13(19)18-14(20-15)17-10(3)11-5-7-12(16)8-6-11/h5-10H,1-4H3,(H,17,18,19)/t10-,15+/m0/s1. The molecule has 1 aromatic carbocycles. The first kappa shape index (κ1) is 15.0. The Kier molecular flexibility index (Phi) is 4.18. The second-order valence-electron chi connectivity index (χ2n) is 5.50. The summed E-state index contributed by atoms with van der Waals surface area (Å²) in [6.45, 7) is 7.93. The average Bonchev–Trinajstić information content (AvgIpc) is 2.66. The molecule has 0 fully saturated rings. The zero-order valence-electron chi connectivity index (χ0n) is 12.1. The van der Waals surface area contributed by atoms with Crippen molar-refractivity contribution in [3.05, 3.63) is 35.6 Å². The van der Waals surface area contributed by atoms with Gasteiger partial charge < -0.3 is 5.32 Å². The summed E-state index contributed by atoms with van der Waals surface area (Å²) in [6, 6.07) is 6.30. The first-order chi connectivity index (χ1) is 9.33. The molecule has 0 bridgehead atoms. The quantitative estimate of drug-likeness (QED) is 0.927. The van der Waals surface area contributed by atoms with Gasteiger partial charge in [-0.25, -0.2) is 4.39 Å². The lowest BCUT2D eigenvalue weighted by Gasteiger charge is -2.24. The van der Waals surface area contributed by atoms with Crippen LogP contribution < -0.4 is 5.32 Å². The van der Waals surface area contributed by atoms with Crippen LogP contribution in [0.4, 0.5) is 4.39 Å². The normalized spacial score (nSPS) is 23.9. The number of amides is 1. The number of hydrogen-bond donors (Lipinski definition) is 1. The number of halogens is 1. The molecule has 5 heteroatoms. The summed E-state index contributed by atoms with van der Waals surface area (Å²) >= 11 is 1.47. The molecule has 2 rings (SSSR count). The number of aliphatic imine (C=N–C) groups is 1. The Bertz CT molecular complexity index is 541. The number of carbonyl (C=O) groups excluding carboxylic acids is 1. The van der Waals surface area contributed by atoms with Crippen LogP contribution in [0.3, 0.4) is 0 Å². The van der Waals surface area contributed by atoms with Gasteiger partial charge in [0.25, 0.3) is 5.91 Å². The van der Waals surface area contributed by atoms with Crippen molar-refractivity contribution in [1.82, 2.24) is 5.32 Å². The summed E-state index contributed by atoms with van der Waals surface area (Å²) in [6.07, 6.45) is 0. The number of carbonyl (C=O) groups is 1. The van der Waals surface area contributed by atoms with Gasteiger partial charge in [-0.15, -0.1) is 0 Å². The van der Waals surface area contributed by atoms with E-state index in [1.165, 1.54) is 23.9 Å². The van der Waals surface area contributed by atoms with E-state index in [1.807, 2.05) is 27.7 Å². The molecule has 1 heterocycles. The largest absolute Gasteiger partial charge is 0.358 e. The summed E-state index contributed by atoms with van der Waals surface area (Å²) < 4.78 is 12.4. The number of nitrogens with zero attached hydrogens (tertiary/aromatic N) is 1. The fourth-order valence-corrected chi connectivity index (χ4v) is 3.05. The van der Waals surface area contributed by atoms with Crippen molar-refractivity contribution in [3.8, 4) is 0 Å². The third-order valence-electron chi connectivity index (χ3n) is 3.75. The molecule has 0 aliphatic carbocycles. The van der Waals surface area contributed by atoms with Crippen molar-refractivity contribution in [2.45, 2.75) is 38.5 Å². The van der Waals surface area contributed by atoms with Crippen molar-refractivity contribution in [1.29, 1.82) is 0 Å². The van der Waals surface area contributed by atoms with Crippen LogP contribution in [-0.2, 0) is 4.79 Å². The molecule has 2 atom stereocenters. The molecule has 1 aliphatic heterocycles. The Morgan fingerprint density at radius 1 is 1.25 bits per heavy atom. The van der Waals surface area contributed by atoms with Gasteiger partial charge in [0.1, 0.15) is 10.6 Å². The first-order valence-corrected chi connectivity index (χ1v) is 7.48. The molecule has 0 unspecified atom stereocenters. The van der Waals surface area contributed by atoms with Gasteiger partial charge in [0.15, 0.2) is 5.17 Å². The average molecular weight is 294 g/mol. The molecule has 1 amide bonds. The molecule has 1 aromatic rings. The molecular formula is C15H19FN2OS. The van der Waals surface area contributed by atoms with Crippen LogP contribution in [-0.4, -0.2) is 15.8 Å². The van der Waals surface area contributed by atoms with E-state index in [2.05, 4.69) is 10.3 Å². The van der Waals surface area contributed by atoms with E-state index in [9.17, 15) is 9.18 Å². The van der Waals surface area contributed by atoms with Crippen molar-refractivity contribution in [2.75, 3.05) is 0 Å². The fraction of sp³-hybridized carbons (Fsp3) is 0.467. The highest BCUT2D eigenvalue weighted by Crippen LogP contribution is 2.39. The molecule has 108 valence electrons. The lowest BCUT2D eigenvalue weighted by atomic mass is 9.96. The monoisotopic (exact) mass is 294 g/mol. The molecule has 20 heavy (non-hydrogen) atoms. The summed E-state index contributed by atoms with van der Waals surface area (Å²) in [5, 5.41) is 3.87. The van der Waals surface area contributed by atoms with Gasteiger partial charge in [0.2, 0.25) is 0 Å². The Labute approximate surface area is 123 Å². The molecule has 1 N–H and O–H groups in total.